The van der Waals surface area contributed by atoms with Crippen LogP contribution in [0.15, 0.2) is 33.3 Å². The highest BCUT2D eigenvalue weighted by Crippen LogP contribution is 2.25. The van der Waals surface area contributed by atoms with Crippen molar-refractivity contribution < 1.29 is 0 Å². The normalized spacial score (nSPS) is 10.6. The average molecular weight is 277 g/mol. The van der Waals surface area contributed by atoms with Gasteiger partial charge in [-0.3, -0.25) is 4.79 Å². The Morgan fingerprint density at radius 1 is 1.47 bits per heavy atom. The summed E-state index contributed by atoms with van der Waals surface area (Å²) in [5.74, 6) is 0.204. The zero-order valence-corrected chi connectivity index (χ0v) is 11.5. The number of hydrogen-bond acceptors (Lipinski definition) is 6. The first-order chi connectivity index (χ1) is 9.08. The van der Waals surface area contributed by atoms with Gasteiger partial charge in [0.05, 0.1) is 0 Å². The van der Waals surface area contributed by atoms with Crippen LogP contribution in [-0.2, 0) is 6.54 Å². The van der Waals surface area contributed by atoms with Gasteiger partial charge in [0.15, 0.2) is 5.16 Å². The maximum atomic E-state index is 11.3. The molecule has 0 aliphatic heterocycles. The highest BCUT2D eigenvalue weighted by molar-refractivity contribution is 7.99. The van der Waals surface area contributed by atoms with Gasteiger partial charge in [0, 0.05) is 18.8 Å². The molecular formula is C12H15N5OS. The molecule has 0 spiro atoms. The maximum absolute atomic E-state index is 11.3. The van der Waals surface area contributed by atoms with Gasteiger partial charge in [-0.25, -0.2) is 9.97 Å². The van der Waals surface area contributed by atoms with E-state index in [0.29, 0.717) is 5.16 Å². The standard InChI is InChI=1S/C12H15N5OS/c1-7-3-8(5-14-2)6-15-11(7)19-12-16-9(13)4-10(18)17-12/h3-4,6,14H,5H2,1-2H3,(H3,13,16,17,18). The quantitative estimate of drug-likeness (QED) is 0.719. The summed E-state index contributed by atoms with van der Waals surface area (Å²) in [5, 5.41) is 4.32. The fraction of sp³-hybridized carbons (Fsp3) is 0.250. The largest absolute Gasteiger partial charge is 0.383 e. The zero-order chi connectivity index (χ0) is 13.8. The third kappa shape index (κ3) is 3.55. The van der Waals surface area contributed by atoms with Crippen molar-refractivity contribution in [1.82, 2.24) is 20.3 Å². The van der Waals surface area contributed by atoms with Crippen molar-refractivity contribution in [2.75, 3.05) is 12.8 Å². The molecule has 0 atom stereocenters. The molecule has 0 aromatic carbocycles. The first kappa shape index (κ1) is 13.6. The van der Waals surface area contributed by atoms with Crippen molar-refractivity contribution in [2.45, 2.75) is 23.7 Å². The monoisotopic (exact) mass is 277 g/mol. The van der Waals surface area contributed by atoms with Crippen molar-refractivity contribution >= 4 is 17.6 Å². The molecule has 0 radical (unpaired) electrons. The van der Waals surface area contributed by atoms with Crippen LogP contribution in [0.5, 0.6) is 0 Å². The van der Waals surface area contributed by atoms with E-state index in [2.05, 4.69) is 26.3 Å². The van der Waals surface area contributed by atoms with Crippen molar-refractivity contribution in [3.63, 3.8) is 0 Å². The molecule has 0 fully saturated rings. The van der Waals surface area contributed by atoms with Gasteiger partial charge < -0.3 is 16.0 Å². The summed E-state index contributed by atoms with van der Waals surface area (Å²) in [4.78, 5) is 22.4. The topological polar surface area (TPSA) is 96.7 Å². The van der Waals surface area contributed by atoms with Gasteiger partial charge in [-0.15, -0.1) is 0 Å². The summed E-state index contributed by atoms with van der Waals surface area (Å²) in [5.41, 5.74) is 7.42. The second kappa shape index (κ2) is 5.85. The Bertz CT molecular complexity index is 640. The predicted octanol–water partition coefficient (Wildman–Crippen LogP) is 0.926. The zero-order valence-electron chi connectivity index (χ0n) is 10.7. The number of hydrogen-bond donors (Lipinski definition) is 3. The summed E-state index contributed by atoms with van der Waals surface area (Å²) in [7, 11) is 1.89. The van der Waals surface area contributed by atoms with Crippen molar-refractivity contribution in [3.8, 4) is 0 Å². The van der Waals surface area contributed by atoms with Gasteiger partial charge in [-0.05, 0) is 36.9 Å². The number of H-pyrrole nitrogens is 1. The molecule has 100 valence electrons. The van der Waals surface area contributed by atoms with E-state index >= 15 is 0 Å². The summed E-state index contributed by atoms with van der Waals surface area (Å²) in [6.07, 6.45) is 1.80. The van der Waals surface area contributed by atoms with Crippen LogP contribution in [0, 0.1) is 6.92 Å². The van der Waals surface area contributed by atoms with Gasteiger partial charge in [0.25, 0.3) is 5.56 Å². The minimum atomic E-state index is -0.264. The van der Waals surface area contributed by atoms with Crippen LogP contribution < -0.4 is 16.6 Å². The van der Waals surface area contributed by atoms with Gasteiger partial charge >= 0.3 is 0 Å². The number of nitrogens with zero attached hydrogens (tertiary/aromatic N) is 2. The Hall–Kier alpha value is -1.86. The minimum Gasteiger partial charge on any atom is -0.383 e. The van der Waals surface area contributed by atoms with Crippen LogP contribution in [0.4, 0.5) is 5.82 Å². The van der Waals surface area contributed by atoms with E-state index in [0.717, 1.165) is 22.7 Å². The fourth-order valence-electron chi connectivity index (χ4n) is 1.62. The highest BCUT2D eigenvalue weighted by atomic mass is 32.2. The molecule has 2 heterocycles. The summed E-state index contributed by atoms with van der Waals surface area (Å²) in [6, 6.07) is 3.30. The molecule has 0 aliphatic carbocycles. The Morgan fingerprint density at radius 3 is 2.89 bits per heavy atom. The average Bonchev–Trinajstić information content (AvgIpc) is 2.32. The van der Waals surface area contributed by atoms with Crippen LogP contribution in [0.3, 0.4) is 0 Å². The Morgan fingerprint density at radius 2 is 2.26 bits per heavy atom. The maximum Gasteiger partial charge on any atom is 0.253 e. The molecule has 7 heteroatoms. The van der Waals surface area contributed by atoms with E-state index in [1.807, 2.05) is 14.0 Å². The van der Waals surface area contributed by atoms with Crippen LogP contribution in [0.1, 0.15) is 11.1 Å². The number of aromatic amines is 1. The van der Waals surface area contributed by atoms with Crippen molar-refractivity contribution in [3.05, 3.63) is 39.8 Å². The van der Waals surface area contributed by atoms with Crippen LogP contribution in [-0.4, -0.2) is 22.0 Å². The number of rotatable bonds is 4. The Balaban J connectivity index is 2.25. The molecule has 2 aromatic heterocycles. The Kier molecular flexibility index (Phi) is 4.18. The van der Waals surface area contributed by atoms with Crippen molar-refractivity contribution in [1.29, 1.82) is 0 Å². The number of aryl methyl sites for hydroxylation is 1. The second-order valence-electron chi connectivity index (χ2n) is 4.07. The number of anilines is 1. The molecule has 2 aromatic rings. The Labute approximate surface area is 114 Å². The SMILES string of the molecule is CNCc1cnc(Sc2nc(N)cc(=O)[nH]2)c(C)c1. The molecule has 0 unspecified atom stereocenters. The lowest BCUT2D eigenvalue weighted by molar-refractivity contribution is 0.806. The van der Waals surface area contributed by atoms with E-state index in [9.17, 15) is 4.79 Å². The molecule has 4 N–H and O–H groups in total. The minimum absolute atomic E-state index is 0.204. The smallest absolute Gasteiger partial charge is 0.253 e. The van der Waals surface area contributed by atoms with E-state index in [4.69, 9.17) is 5.73 Å². The van der Waals surface area contributed by atoms with Gasteiger partial charge in [-0.2, -0.15) is 0 Å². The lowest BCUT2D eigenvalue weighted by Crippen LogP contribution is -2.09. The molecule has 0 saturated carbocycles. The van der Waals surface area contributed by atoms with Gasteiger partial charge in [0.1, 0.15) is 10.8 Å². The van der Waals surface area contributed by atoms with Crippen LogP contribution in [0.2, 0.25) is 0 Å². The predicted molar refractivity (Wildman–Crippen MR) is 75.1 cm³/mol. The van der Waals surface area contributed by atoms with E-state index in [-0.39, 0.29) is 11.4 Å². The van der Waals surface area contributed by atoms with E-state index in [1.54, 1.807) is 6.20 Å². The van der Waals surface area contributed by atoms with Gasteiger partial charge in [-0.1, -0.05) is 6.07 Å². The first-order valence-corrected chi connectivity index (χ1v) is 6.55. The lowest BCUT2D eigenvalue weighted by Gasteiger charge is -2.06. The van der Waals surface area contributed by atoms with Gasteiger partial charge in [0.2, 0.25) is 0 Å². The number of nitrogen functional groups attached to an aromatic ring is 1. The summed E-state index contributed by atoms with van der Waals surface area (Å²) in [6.45, 7) is 2.74. The van der Waals surface area contributed by atoms with Crippen molar-refractivity contribution in [2.24, 2.45) is 0 Å². The third-order valence-electron chi connectivity index (χ3n) is 2.40. The molecule has 0 saturated heterocycles. The first-order valence-electron chi connectivity index (χ1n) is 5.73. The van der Waals surface area contributed by atoms with Crippen LogP contribution in [0.25, 0.3) is 0 Å². The fourth-order valence-corrected chi connectivity index (χ4v) is 2.43. The molecule has 0 amide bonds. The molecule has 0 bridgehead atoms. The summed E-state index contributed by atoms with van der Waals surface area (Å²) < 4.78 is 0. The highest BCUT2D eigenvalue weighted by Gasteiger charge is 2.07. The molecule has 6 nitrogen and oxygen atoms in total. The summed E-state index contributed by atoms with van der Waals surface area (Å²) >= 11 is 1.29. The lowest BCUT2D eigenvalue weighted by atomic mass is 10.2. The van der Waals surface area contributed by atoms with Crippen LogP contribution >= 0.6 is 11.8 Å². The number of pyridine rings is 1. The number of nitrogens with one attached hydrogen (secondary N) is 2. The third-order valence-corrected chi connectivity index (χ3v) is 3.41. The van der Waals surface area contributed by atoms with E-state index in [1.165, 1.54) is 17.8 Å². The number of aromatic nitrogens is 3. The second-order valence-corrected chi connectivity index (χ2v) is 5.05. The molecule has 0 aliphatic rings. The molecular weight excluding hydrogens is 262 g/mol. The molecule has 2 rings (SSSR count). The molecule has 19 heavy (non-hydrogen) atoms. The van der Waals surface area contributed by atoms with E-state index < -0.39 is 0 Å². The number of nitrogens with two attached hydrogens (primary N) is 1.